The zero-order valence-electron chi connectivity index (χ0n) is 9.69. The molecule has 1 aromatic carbocycles. The van der Waals surface area contributed by atoms with Gasteiger partial charge in [-0.05, 0) is 6.07 Å². The smallest absolute Gasteiger partial charge is 0.324 e. The second kappa shape index (κ2) is 6.13. The van der Waals surface area contributed by atoms with Crippen molar-refractivity contribution in [3.05, 3.63) is 33.3 Å². The zero-order chi connectivity index (χ0) is 15.5. The van der Waals surface area contributed by atoms with Crippen LogP contribution in [0.25, 0.3) is 0 Å². The fraction of sp³-hybridized carbons (Fsp3) is 0.222. The maximum atomic E-state index is 11.9. The number of sulfonamides is 1. The molecular weight excluding hydrogens is 316 g/mol. The summed E-state index contributed by atoms with van der Waals surface area (Å²) in [6.07, 6.45) is 0. The number of carboxylic acids is 1. The van der Waals surface area contributed by atoms with Crippen LogP contribution in [0.15, 0.2) is 23.1 Å². The molecule has 0 spiro atoms. The number of benzene rings is 1. The number of carbonyl (C=O) groups is 1. The molecule has 1 aromatic rings. The van der Waals surface area contributed by atoms with Crippen molar-refractivity contribution in [1.82, 2.24) is 4.72 Å². The minimum Gasteiger partial charge on any atom is -0.480 e. The second-order valence-corrected chi connectivity index (χ2v) is 5.66. The molecular formula is C9H9ClN2O7S. The number of carboxylic acid groups (broad SMARTS) is 1. The highest BCUT2D eigenvalue weighted by Crippen LogP contribution is 2.26. The van der Waals surface area contributed by atoms with E-state index < -0.39 is 44.1 Å². The molecule has 20 heavy (non-hydrogen) atoms. The molecule has 3 N–H and O–H groups in total. The number of nitro groups is 1. The van der Waals surface area contributed by atoms with Crippen molar-refractivity contribution in [2.24, 2.45) is 0 Å². The Morgan fingerprint density at radius 3 is 2.55 bits per heavy atom. The first-order valence-corrected chi connectivity index (χ1v) is 6.85. The van der Waals surface area contributed by atoms with Gasteiger partial charge in [-0.15, -0.1) is 0 Å². The highest BCUT2D eigenvalue weighted by molar-refractivity contribution is 7.89. The maximum Gasteiger partial charge on any atom is 0.324 e. The molecule has 1 rings (SSSR count). The molecule has 0 heterocycles. The van der Waals surface area contributed by atoms with Gasteiger partial charge < -0.3 is 10.2 Å². The van der Waals surface area contributed by atoms with Crippen LogP contribution in [0.4, 0.5) is 5.69 Å². The van der Waals surface area contributed by atoms with E-state index in [9.17, 15) is 23.3 Å². The lowest BCUT2D eigenvalue weighted by Crippen LogP contribution is -2.43. The lowest BCUT2D eigenvalue weighted by atomic mass is 10.3. The minimum absolute atomic E-state index is 0.315. The van der Waals surface area contributed by atoms with Gasteiger partial charge in [0.25, 0.3) is 5.69 Å². The molecule has 0 aromatic heterocycles. The third kappa shape index (κ3) is 3.63. The number of halogens is 1. The van der Waals surface area contributed by atoms with Crippen LogP contribution < -0.4 is 4.72 Å². The predicted octanol–water partition coefficient (Wildman–Crippen LogP) is -0.0280. The fourth-order valence-electron chi connectivity index (χ4n) is 1.23. The number of hydrogen-bond acceptors (Lipinski definition) is 6. The van der Waals surface area contributed by atoms with Gasteiger partial charge >= 0.3 is 5.97 Å². The number of rotatable bonds is 6. The van der Waals surface area contributed by atoms with Gasteiger partial charge in [0.15, 0.2) is 0 Å². The number of hydrogen-bond donors (Lipinski definition) is 3. The van der Waals surface area contributed by atoms with E-state index in [4.69, 9.17) is 21.8 Å². The molecule has 0 saturated heterocycles. The van der Waals surface area contributed by atoms with Gasteiger partial charge in [0.05, 0.1) is 16.6 Å². The normalized spacial score (nSPS) is 12.9. The number of nitrogens with one attached hydrogen (secondary N) is 1. The first-order chi connectivity index (χ1) is 9.19. The largest absolute Gasteiger partial charge is 0.480 e. The van der Waals surface area contributed by atoms with Gasteiger partial charge in [0.2, 0.25) is 10.0 Å². The lowest BCUT2D eigenvalue weighted by molar-refractivity contribution is -0.385. The molecule has 0 radical (unpaired) electrons. The number of aliphatic hydroxyl groups is 1. The topological polar surface area (TPSA) is 147 Å². The highest BCUT2D eigenvalue weighted by Gasteiger charge is 2.27. The van der Waals surface area contributed by atoms with Crippen LogP contribution in [-0.4, -0.2) is 42.2 Å². The number of nitrogens with zero attached hydrogens (tertiary/aromatic N) is 1. The molecule has 1 atom stereocenters. The van der Waals surface area contributed by atoms with Gasteiger partial charge in [-0.2, -0.15) is 4.72 Å². The minimum atomic E-state index is -4.43. The number of aliphatic hydroxyl groups excluding tert-OH is 1. The van der Waals surface area contributed by atoms with Crippen molar-refractivity contribution in [1.29, 1.82) is 0 Å². The standard InChI is InChI=1S/C9H9ClN2O7S/c10-6-2-1-5(12(16)17)3-8(6)20(18,19)11-7(4-13)9(14)15/h1-3,7,11,13H,4H2,(H,14,15). The maximum absolute atomic E-state index is 11.9. The van der Waals surface area contributed by atoms with Crippen molar-refractivity contribution in [2.45, 2.75) is 10.9 Å². The van der Waals surface area contributed by atoms with E-state index in [1.807, 2.05) is 0 Å². The third-order valence-electron chi connectivity index (χ3n) is 2.19. The Bertz CT molecular complexity index is 646. The Morgan fingerprint density at radius 2 is 2.10 bits per heavy atom. The monoisotopic (exact) mass is 324 g/mol. The van der Waals surface area contributed by atoms with E-state index >= 15 is 0 Å². The predicted molar refractivity (Wildman–Crippen MR) is 66.9 cm³/mol. The van der Waals surface area contributed by atoms with Gasteiger partial charge in [-0.1, -0.05) is 11.6 Å². The highest BCUT2D eigenvalue weighted by atomic mass is 35.5. The molecule has 0 aliphatic rings. The zero-order valence-corrected chi connectivity index (χ0v) is 11.3. The SMILES string of the molecule is O=C(O)C(CO)NS(=O)(=O)c1cc([N+](=O)[O-])ccc1Cl. The molecule has 0 aliphatic heterocycles. The van der Waals surface area contributed by atoms with Crippen LogP contribution in [0.1, 0.15) is 0 Å². The van der Waals surface area contributed by atoms with Crippen LogP contribution in [0.5, 0.6) is 0 Å². The summed E-state index contributed by atoms with van der Waals surface area (Å²) >= 11 is 5.64. The average Bonchev–Trinajstić information content (AvgIpc) is 2.35. The van der Waals surface area contributed by atoms with Gasteiger partial charge in [0, 0.05) is 12.1 Å². The van der Waals surface area contributed by atoms with E-state index in [0.29, 0.717) is 6.07 Å². The van der Waals surface area contributed by atoms with Crippen LogP contribution in [0.3, 0.4) is 0 Å². The Hall–Kier alpha value is -1.75. The molecule has 11 heteroatoms. The molecule has 0 bridgehead atoms. The molecule has 0 saturated carbocycles. The average molecular weight is 325 g/mol. The van der Waals surface area contributed by atoms with Crippen LogP contribution in [0, 0.1) is 10.1 Å². The summed E-state index contributed by atoms with van der Waals surface area (Å²) in [7, 11) is -4.43. The van der Waals surface area contributed by atoms with Crippen molar-refractivity contribution < 1.29 is 28.3 Å². The quantitative estimate of drug-likeness (QED) is 0.491. The van der Waals surface area contributed by atoms with E-state index in [1.165, 1.54) is 0 Å². The summed E-state index contributed by atoms with van der Waals surface area (Å²) in [4.78, 5) is 19.8. The number of nitro benzene ring substituents is 1. The second-order valence-electron chi connectivity index (χ2n) is 3.57. The number of aliphatic carboxylic acids is 1. The Balaban J connectivity index is 3.24. The van der Waals surface area contributed by atoms with Crippen LogP contribution in [0.2, 0.25) is 5.02 Å². The third-order valence-corrected chi connectivity index (χ3v) is 4.15. The Kier molecular flexibility index (Phi) is 5.00. The fourth-order valence-corrected chi connectivity index (χ4v) is 2.93. The van der Waals surface area contributed by atoms with Crippen LogP contribution >= 0.6 is 11.6 Å². The summed E-state index contributed by atoms with van der Waals surface area (Å²) in [6, 6.07) is 0.918. The van der Waals surface area contributed by atoms with Gasteiger partial charge in [-0.25, -0.2) is 8.42 Å². The summed E-state index contributed by atoms with van der Waals surface area (Å²) in [5.41, 5.74) is -0.523. The summed E-state index contributed by atoms with van der Waals surface area (Å²) in [5.74, 6) is -1.60. The summed E-state index contributed by atoms with van der Waals surface area (Å²) < 4.78 is 25.5. The molecule has 110 valence electrons. The van der Waals surface area contributed by atoms with E-state index in [-0.39, 0.29) is 5.02 Å². The van der Waals surface area contributed by atoms with Crippen molar-refractivity contribution >= 4 is 33.3 Å². The van der Waals surface area contributed by atoms with Gasteiger partial charge in [-0.3, -0.25) is 14.9 Å². The summed E-state index contributed by atoms with van der Waals surface area (Å²) in [6.45, 7) is -0.985. The molecule has 1 unspecified atom stereocenters. The molecule has 9 nitrogen and oxygen atoms in total. The Morgan fingerprint density at radius 1 is 1.50 bits per heavy atom. The van der Waals surface area contributed by atoms with Gasteiger partial charge in [0.1, 0.15) is 10.9 Å². The van der Waals surface area contributed by atoms with E-state index in [2.05, 4.69) is 0 Å². The van der Waals surface area contributed by atoms with Crippen LogP contribution in [-0.2, 0) is 14.8 Å². The molecule has 0 amide bonds. The van der Waals surface area contributed by atoms with Crippen molar-refractivity contribution in [3.8, 4) is 0 Å². The Labute approximate surface area is 118 Å². The first-order valence-electron chi connectivity index (χ1n) is 4.99. The number of non-ortho nitro benzene ring substituents is 1. The van der Waals surface area contributed by atoms with E-state index in [0.717, 1.165) is 12.1 Å². The molecule has 0 fully saturated rings. The van der Waals surface area contributed by atoms with Crippen molar-refractivity contribution in [3.63, 3.8) is 0 Å². The van der Waals surface area contributed by atoms with Crippen molar-refractivity contribution in [2.75, 3.05) is 6.61 Å². The first kappa shape index (κ1) is 16.3. The molecule has 0 aliphatic carbocycles. The van der Waals surface area contributed by atoms with E-state index in [1.54, 1.807) is 4.72 Å². The summed E-state index contributed by atoms with van der Waals surface area (Å²) in [5, 5.41) is 27.7. The lowest BCUT2D eigenvalue weighted by Gasteiger charge is -2.12.